The molecule has 0 spiro atoms. The molecule has 16 heavy (non-hydrogen) atoms. The minimum atomic E-state index is 0.204. The minimum absolute atomic E-state index is 0.204. The van der Waals surface area contributed by atoms with Gasteiger partial charge in [-0.05, 0) is 42.9 Å². The van der Waals surface area contributed by atoms with E-state index in [1.54, 1.807) is 7.11 Å². The van der Waals surface area contributed by atoms with Gasteiger partial charge in [0.2, 0.25) is 0 Å². The molecule has 0 atom stereocenters. The number of hydrogen-bond acceptors (Lipinski definition) is 3. The summed E-state index contributed by atoms with van der Waals surface area (Å²) in [4.78, 5) is 0. The van der Waals surface area contributed by atoms with Gasteiger partial charge in [-0.3, -0.25) is 0 Å². The molecule has 0 unspecified atom stereocenters. The Labute approximate surface area is 96.7 Å². The molecule has 0 aliphatic heterocycles. The second kappa shape index (κ2) is 7.25. The zero-order chi connectivity index (χ0) is 11.8. The number of aryl methyl sites for hydroxylation is 2. The van der Waals surface area contributed by atoms with Gasteiger partial charge in [0.25, 0.3) is 0 Å². The second-order valence-electron chi connectivity index (χ2n) is 3.80. The van der Waals surface area contributed by atoms with Crippen molar-refractivity contribution in [1.82, 2.24) is 0 Å². The third-order valence-corrected chi connectivity index (χ3v) is 2.58. The Bertz CT molecular complexity index is 310. The normalized spacial score (nSPS) is 10.4. The summed E-state index contributed by atoms with van der Waals surface area (Å²) in [5.41, 5.74) is 2.31. The second-order valence-corrected chi connectivity index (χ2v) is 3.80. The first-order chi connectivity index (χ1) is 7.81. The largest absolute Gasteiger partial charge is 0.496 e. The minimum Gasteiger partial charge on any atom is -0.496 e. The van der Waals surface area contributed by atoms with E-state index in [2.05, 4.69) is 6.07 Å². The van der Waals surface area contributed by atoms with E-state index < -0.39 is 0 Å². The van der Waals surface area contributed by atoms with Gasteiger partial charge in [0, 0.05) is 13.2 Å². The first-order valence-corrected chi connectivity index (χ1v) is 5.69. The smallest absolute Gasteiger partial charge is 0.122 e. The van der Waals surface area contributed by atoms with E-state index in [1.165, 1.54) is 5.56 Å². The zero-order valence-corrected chi connectivity index (χ0v) is 9.78. The molecule has 0 aliphatic rings. The number of rotatable bonds is 7. The maximum atomic E-state index is 8.79. The van der Waals surface area contributed by atoms with Gasteiger partial charge < -0.3 is 14.9 Å². The van der Waals surface area contributed by atoms with E-state index in [1.807, 2.05) is 12.1 Å². The van der Waals surface area contributed by atoms with Crippen molar-refractivity contribution in [3.8, 4) is 5.75 Å². The fourth-order valence-corrected chi connectivity index (χ4v) is 1.70. The van der Waals surface area contributed by atoms with Crippen molar-refractivity contribution in [3.05, 3.63) is 29.3 Å². The number of hydrogen-bond donors (Lipinski definition) is 2. The van der Waals surface area contributed by atoms with Crippen LogP contribution in [0.4, 0.5) is 0 Å². The number of aliphatic hydroxyl groups is 2. The molecule has 3 heteroatoms. The first kappa shape index (κ1) is 13.0. The Kier molecular flexibility index (Phi) is 5.90. The topological polar surface area (TPSA) is 49.7 Å². The highest BCUT2D eigenvalue weighted by molar-refractivity contribution is 5.37. The van der Waals surface area contributed by atoms with Gasteiger partial charge in [-0.15, -0.1) is 0 Å². The molecule has 0 amide bonds. The van der Waals surface area contributed by atoms with Gasteiger partial charge in [-0.2, -0.15) is 0 Å². The van der Waals surface area contributed by atoms with Crippen LogP contribution in [0.15, 0.2) is 18.2 Å². The van der Waals surface area contributed by atoms with Crippen LogP contribution in [0.3, 0.4) is 0 Å². The third-order valence-electron chi connectivity index (χ3n) is 2.58. The quantitative estimate of drug-likeness (QED) is 0.738. The van der Waals surface area contributed by atoms with Crippen molar-refractivity contribution in [3.63, 3.8) is 0 Å². The van der Waals surface area contributed by atoms with Gasteiger partial charge in [0.05, 0.1) is 7.11 Å². The van der Waals surface area contributed by atoms with Crippen LogP contribution in [-0.2, 0) is 12.8 Å². The SMILES string of the molecule is COc1cc(CCCO)ccc1CCCO. The van der Waals surface area contributed by atoms with Crippen molar-refractivity contribution >= 4 is 0 Å². The summed E-state index contributed by atoms with van der Waals surface area (Å²) in [6.45, 7) is 0.421. The van der Waals surface area contributed by atoms with Crippen molar-refractivity contribution in [2.75, 3.05) is 20.3 Å². The van der Waals surface area contributed by atoms with E-state index in [4.69, 9.17) is 14.9 Å². The predicted octanol–water partition coefficient (Wildman–Crippen LogP) is 1.54. The maximum absolute atomic E-state index is 8.79. The molecule has 0 aliphatic carbocycles. The lowest BCUT2D eigenvalue weighted by atomic mass is 10.0. The van der Waals surface area contributed by atoms with Crippen molar-refractivity contribution in [2.24, 2.45) is 0 Å². The van der Waals surface area contributed by atoms with Crippen LogP contribution in [0, 0.1) is 0 Å². The standard InChI is InChI=1S/C13H20O3/c1-16-13-10-11(4-2-8-14)6-7-12(13)5-3-9-15/h6-7,10,14-15H,2-5,8-9H2,1H3. The molecule has 0 heterocycles. The number of ether oxygens (including phenoxy) is 1. The summed E-state index contributed by atoms with van der Waals surface area (Å²) in [5.74, 6) is 0.879. The molecular formula is C13H20O3. The predicted molar refractivity (Wildman–Crippen MR) is 63.8 cm³/mol. The van der Waals surface area contributed by atoms with Crippen LogP contribution in [-0.4, -0.2) is 30.5 Å². The van der Waals surface area contributed by atoms with E-state index in [9.17, 15) is 0 Å². The Morgan fingerprint density at radius 3 is 2.38 bits per heavy atom. The molecule has 1 aromatic rings. The molecule has 0 saturated carbocycles. The first-order valence-electron chi connectivity index (χ1n) is 5.69. The Morgan fingerprint density at radius 1 is 1.06 bits per heavy atom. The molecule has 0 fully saturated rings. The van der Waals surface area contributed by atoms with Crippen molar-refractivity contribution < 1.29 is 14.9 Å². The maximum Gasteiger partial charge on any atom is 0.122 e. The molecule has 2 N–H and O–H groups in total. The van der Waals surface area contributed by atoms with Crippen LogP contribution < -0.4 is 4.74 Å². The van der Waals surface area contributed by atoms with Crippen molar-refractivity contribution in [1.29, 1.82) is 0 Å². The van der Waals surface area contributed by atoms with E-state index >= 15 is 0 Å². The zero-order valence-electron chi connectivity index (χ0n) is 9.78. The lowest BCUT2D eigenvalue weighted by Crippen LogP contribution is -1.97. The molecule has 0 aromatic heterocycles. The summed E-state index contributed by atoms with van der Waals surface area (Å²) >= 11 is 0. The highest BCUT2D eigenvalue weighted by Gasteiger charge is 2.04. The average molecular weight is 224 g/mol. The number of benzene rings is 1. The highest BCUT2D eigenvalue weighted by atomic mass is 16.5. The lowest BCUT2D eigenvalue weighted by molar-refractivity contribution is 0.287. The lowest BCUT2D eigenvalue weighted by Gasteiger charge is -2.10. The summed E-state index contributed by atoms with van der Waals surface area (Å²) in [5, 5.41) is 17.6. The fraction of sp³-hybridized carbons (Fsp3) is 0.538. The van der Waals surface area contributed by atoms with Gasteiger partial charge in [-0.25, -0.2) is 0 Å². The van der Waals surface area contributed by atoms with Gasteiger partial charge >= 0.3 is 0 Å². The van der Waals surface area contributed by atoms with E-state index in [0.29, 0.717) is 0 Å². The molecule has 1 aromatic carbocycles. The Balaban J connectivity index is 2.71. The van der Waals surface area contributed by atoms with Crippen molar-refractivity contribution in [2.45, 2.75) is 25.7 Å². The summed E-state index contributed by atoms with van der Waals surface area (Å²) in [7, 11) is 1.66. The molecule has 3 nitrogen and oxygen atoms in total. The number of methoxy groups -OCH3 is 1. The molecule has 90 valence electrons. The van der Waals surface area contributed by atoms with Crippen LogP contribution in [0.5, 0.6) is 5.75 Å². The van der Waals surface area contributed by atoms with Gasteiger partial charge in [0.1, 0.15) is 5.75 Å². The Hall–Kier alpha value is -1.06. The van der Waals surface area contributed by atoms with Crippen LogP contribution >= 0.6 is 0 Å². The molecule has 0 radical (unpaired) electrons. The summed E-state index contributed by atoms with van der Waals surface area (Å²) < 4.78 is 5.32. The highest BCUT2D eigenvalue weighted by Crippen LogP contribution is 2.22. The summed E-state index contributed by atoms with van der Waals surface area (Å²) in [6, 6.07) is 6.12. The van der Waals surface area contributed by atoms with E-state index in [-0.39, 0.29) is 13.2 Å². The molecular weight excluding hydrogens is 204 g/mol. The van der Waals surface area contributed by atoms with E-state index in [0.717, 1.165) is 37.0 Å². The molecule has 1 rings (SSSR count). The average Bonchev–Trinajstić information content (AvgIpc) is 2.34. The molecule has 0 bridgehead atoms. The summed E-state index contributed by atoms with van der Waals surface area (Å²) in [6.07, 6.45) is 3.23. The van der Waals surface area contributed by atoms with Gasteiger partial charge in [0.15, 0.2) is 0 Å². The Morgan fingerprint density at radius 2 is 1.75 bits per heavy atom. The van der Waals surface area contributed by atoms with Crippen LogP contribution in [0.2, 0.25) is 0 Å². The van der Waals surface area contributed by atoms with Gasteiger partial charge in [-0.1, -0.05) is 12.1 Å². The van der Waals surface area contributed by atoms with Crippen LogP contribution in [0.1, 0.15) is 24.0 Å². The number of aliphatic hydroxyl groups excluding tert-OH is 2. The molecule has 0 saturated heterocycles. The monoisotopic (exact) mass is 224 g/mol. The third kappa shape index (κ3) is 3.83. The van der Waals surface area contributed by atoms with Crippen LogP contribution in [0.25, 0.3) is 0 Å². The fourth-order valence-electron chi connectivity index (χ4n) is 1.70.